The fraction of sp³-hybridized carbons (Fsp3) is 0.538. The molecule has 0 aliphatic heterocycles. The topological polar surface area (TPSA) is 30.2 Å². The molecule has 0 saturated heterocycles. The van der Waals surface area contributed by atoms with Crippen LogP contribution in [-0.4, -0.2) is 14.4 Å². The molecule has 3 heteroatoms. The summed E-state index contributed by atoms with van der Waals surface area (Å²) in [5, 5.41) is 0. The minimum atomic E-state index is 0.764. The lowest BCUT2D eigenvalue weighted by atomic mass is 10.6. The van der Waals surface area contributed by atoms with Gasteiger partial charge in [-0.05, 0) is 13.0 Å². The molecule has 0 unspecified atom stereocenters. The Kier molecular flexibility index (Phi) is 12.4. The third-order valence-electron chi connectivity index (χ3n) is 1.36. The van der Waals surface area contributed by atoms with Gasteiger partial charge in [-0.2, -0.15) is 0 Å². The highest BCUT2D eigenvalue weighted by Gasteiger charge is 1.93. The quantitative estimate of drug-likeness (QED) is 0.672. The monoisotopic (exact) mass is 223 g/mol. The van der Waals surface area contributed by atoms with Crippen molar-refractivity contribution < 1.29 is 0 Å². The Bertz CT molecular complexity index is 320. The molecule has 16 heavy (non-hydrogen) atoms. The van der Waals surface area contributed by atoms with Crippen molar-refractivity contribution in [2.45, 2.75) is 48.5 Å². The van der Waals surface area contributed by atoms with Crippen LogP contribution in [0.2, 0.25) is 0 Å². The summed E-state index contributed by atoms with van der Waals surface area (Å²) in [6.07, 6.45) is 5.62. The van der Waals surface area contributed by atoms with Crippen molar-refractivity contribution in [2.75, 3.05) is 0 Å². The van der Waals surface area contributed by atoms with E-state index in [1.807, 2.05) is 71.3 Å². The van der Waals surface area contributed by atoms with Crippen LogP contribution in [0.4, 0.5) is 0 Å². The Labute approximate surface area is 99.6 Å². The molecule has 0 fully saturated rings. The largest absolute Gasteiger partial charge is 0.291 e. The van der Waals surface area contributed by atoms with E-state index >= 15 is 0 Å². The molecule has 92 valence electrons. The molecule has 0 saturated carbocycles. The second-order valence-electron chi connectivity index (χ2n) is 2.21. The van der Waals surface area contributed by atoms with E-state index in [0.29, 0.717) is 0 Å². The molecule has 2 aromatic heterocycles. The van der Waals surface area contributed by atoms with Gasteiger partial charge < -0.3 is 0 Å². The summed E-state index contributed by atoms with van der Waals surface area (Å²) < 4.78 is 1.90. The summed E-state index contributed by atoms with van der Waals surface area (Å²) >= 11 is 0. The van der Waals surface area contributed by atoms with Gasteiger partial charge in [-0.3, -0.25) is 4.40 Å². The van der Waals surface area contributed by atoms with Crippen molar-refractivity contribution in [3.05, 3.63) is 30.4 Å². The van der Waals surface area contributed by atoms with Gasteiger partial charge >= 0.3 is 0 Å². The van der Waals surface area contributed by atoms with Gasteiger partial charge in [0.15, 0.2) is 0 Å². The lowest BCUT2D eigenvalue weighted by molar-refractivity contribution is 1.11. The minimum absolute atomic E-state index is 0.764. The first-order chi connectivity index (χ1) is 7.86. The highest BCUT2D eigenvalue weighted by molar-refractivity contribution is 5.28. The van der Waals surface area contributed by atoms with Gasteiger partial charge in [0.25, 0.3) is 0 Å². The average molecular weight is 223 g/mol. The van der Waals surface area contributed by atoms with E-state index in [4.69, 9.17) is 0 Å². The maximum Gasteiger partial charge on any atom is 0.233 e. The van der Waals surface area contributed by atoms with Crippen LogP contribution in [-0.2, 0) is 0 Å². The van der Waals surface area contributed by atoms with Crippen molar-refractivity contribution in [1.29, 1.82) is 0 Å². The summed E-state index contributed by atoms with van der Waals surface area (Å²) in [5.74, 6) is 0.764. The minimum Gasteiger partial charge on any atom is -0.291 e. The first-order valence-corrected chi connectivity index (χ1v) is 6.12. The SMILES string of the molecule is CC.CC.CC.Cc1cn2cccnc2n1. The van der Waals surface area contributed by atoms with E-state index < -0.39 is 0 Å². The van der Waals surface area contributed by atoms with Crippen molar-refractivity contribution in [3.8, 4) is 0 Å². The third kappa shape index (κ3) is 5.49. The maximum atomic E-state index is 4.16. The molecule has 0 spiro atoms. The first kappa shape index (κ1) is 17.0. The van der Waals surface area contributed by atoms with E-state index in [1.165, 1.54) is 0 Å². The Balaban J connectivity index is 0. The number of hydrogen-bond donors (Lipinski definition) is 0. The fourth-order valence-corrected chi connectivity index (χ4v) is 0.950. The average Bonchev–Trinajstić information content (AvgIpc) is 2.76. The smallest absolute Gasteiger partial charge is 0.233 e. The molecule has 2 rings (SSSR count). The van der Waals surface area contributed by atoms with E-state index in [9.17, 15) is 0 Å². The molecule has 2 heterocycles. The number of rotatable bonds is 0. The molecule has 0 aromatic carbocycles. The normalized spacial score (nSPS) is 7.69. The van der Waals surface area contributed by atoms with Crippen LogP contribution < -0.4 is 0 Å². The van der Waals surface area contributed by atoms with Gasteiger partial charge in [0.1, 0.15) is 0 Å². The standard InChI is InChI=1S/C7H7N3.3C2H6/c1-6-5-10-4-2-3-8-7(10)9-6;3*1-2/h2-5H,1H3;3*1-2H3. The van der Waals surface area contributed by atoms with Gasteiger partial charge in [0.05, 0.1) is 5.69 Å². The number of nitrogens with zero attached hydrogens (tertiary/aromatic N) is 3. The van der Waals surface area contributed by atoms with Crippen LogP contribution in [0.15, 0.2) is 24.7 Å². The molecular formula is C13H25N3. The number of imidazole rings is 1. The molecule has 0 N–H and O–H groups in total. The van der Waals surface area contributed by atoms with E-state index in [0.717, 1.165) is 11.5 Å². The lowest BCUT2D eigenvalue weighted by Crippen LogP contribution is -1.82. The van der Waals surface area contributed by atoms with Crippen LogP contribution in [0.1, 0.15) is 47.2 Å². The zero-order valence-corrected chi connectivity index (χ0v) is 11.7. The number of hydrogen-bond acceptors (Lipinski definition) is 2. The van der Waals surface area contributed by atoms with Crippen LogP contribution >= 0.6 is 0 Å². The molecule has 0 aliphatic carbocycles. The summed E-state index contributed by atoms with van der Waals surface area (Å²) in [7, 11) is 0. The van der Waals surface area contributed by atoms with E-state index in [2.05, 4.69) is 9.97 Å². The number of fused-ring (bicyclic) bond motifs is 1. The predicted octanol–water partition coefficient (Wildman–Crippen LogP) is 4.12. The second kappa shape index (κ2) is 11.7. The van der Waals surface area contributed by atoms with Crippen LogP contribution in [0, 0.1) is 6.92 Å². The van der Waals surface area contributed by atoms with Crippen molar-refractivity contribution in [1.82, 2.24) is 14.4 Å². The number of aryl methyl sites for hydroxylation is 1. The Morgan fingerprint density at radius 3 is 2.06 bits per heavy atom. The lowest BCUT2D eigenvalue weighted by Gasteiger charge is -1.85. The molecule has 0 aliphatic rings. The summed E-state index contributed by atoms with van der Waals surface area (Å²) in [5.41, 5.74) is 0.999. The van der Waals surface area contributed by atoms with Gasteiger partial charge in [-0.1, -0.05) is 41.5 Å². The van der Waals surface area contributed by atoms with Gasteiger partial charge in [-0.15, -0.1) is 0 Å². The van der Waals surface area contributed by atoms with E-state index in [1.54, 1.807) is 6.20 Å². The third-order valence-corrected chi connectivity index (χ3v) is 1.36. The Hall–Kier alpha value is -1.38. The predicted molar refractivity (Wildman–Crippen MR) is 71.8 cm³/mol. The highest BCUT2D eigenvalue weighted by atomic mass is 15.1. The summed E-state index contributed by atoms with van der Waals surface area (Å²) in [6, 6.07) is 1.88. The van der Waals surface area contributed by atoms with Gasteiger partial charge in [0, 0.05) is 18.6 Å². The first-order valence-electron chi connectivity index (χ1n) is 6.12. The summed E-state index contributed by atoms with van der Waals surface area (Å²) in [6.45, 7) is 14.0. The Morgan fingerprint density at radius 1 is 1.00 bits per heavy atom. The molecule has 0 amide bonds. The van der Waals surface area contributed by atoms with Crippen LogP contribution in [0.25, 0.3) is 5.78 Å². The second-order valence-corrected chi connectivity index (χ2v) is 2.21. The highest BCUT2D eigenvalue weighted by Crippen LogP contribution is 1.98. The Morgan fingerprint density at radius 2 is 1.56 bits per heavy atom. The molecule has 3 nitrogen and oxygen atoms in total. The molecule has 0 bridgehead atoms. The fourth-order valence-electron chi connectivity index (χ4n) is 0.950. The zero-order chi connectivity index (χ0) is 13.0. The van der Waals surface area contributed by atoms with Crippen LogP contribution in [0.3, 0.4) is 0 Å². The maximum absolute atomic E-state index is 4.16. The van der Waals surface area contributed by atoms with Crippen molar-refractivity contribution in [3.63, 3.8) is 0 Å². The van der Waals surface area contributed by atoms with Gasteiger partial charge in [-0.25, -0.2) is 9.97 Å². The molecule has 0 radical (unpaired) electrons. The molecule has 2 aromatic rings. The van der Waals surface area contributed by atoms with Crippen molar-refractivity contribution >= 4 is 5.78 Å². The molecular weight excluding hydrogens is 198 g/mol. The molecule has 0 atom stereocenters. The van der Waals surface area contributed by atoms with Crippen LogP contribution in [0.5, 0.6) is 0 Å². The van der Waals surface area contributed by atoms with E-state index in [-0.39, 0.29) is 0 Å². The number of aromatic nitrogens is 3. The summed E-state index contributed by atoms with van der Waals surface area (Å²) in [4.78, 5) is 8.22. The van der Waals surface area contributed by atoms with Crippen molar-refractivity contribution in [2.24, 2.45) is 0 Å². The zero-order valence-electron chi connectivity index (χ0n) is 11.7. The van der Waals surface area contributed by atoms with Gasteiger partial charge in [0.2, 0.25) is 5.78 Å².